The van der Waals surface area contributed by atoms with Crippen LogP contribution in [-0.2, 0) is 26.2 Å². The van der Waals surface area contributed by atoms with Gasteiger partial charge < -0.3 is 19.7 Å². The Hall–Kier alpha value is -3.47. The first-order valence-electron chi connectivity index (χ1n) is 14.2. The molecular weight excluding hydrogens is 625 g/mol. The van der Waals surface area contributed by atoms with Gasteiger partial charge >= 0.3 is 0 Å². The zero-order chi connectivity index (χ0) is 32.6. The van der Waals surface area contributed by atoms with E-state index in [9.17, 15) is 18.0 Å². The Morgan fingerprint density at radius 1 is 0.886 bits per heavy atom. The first-order valence-corrected chi connectivity index (χ1v) is 16.4. The molecule has 0 aliphatic rings. The van der Waals surface area contributed by atoms with Crippen molar-refractivity contribution in [3.63, 3.8) is 0 Å². The van der Waals surface area contributed by atoms with E-state index >= 15 is 0 Å². The van der Waals surface area contributed by atoms with Crippen LogP contribution in [0.25, 0.3) is 0 Å². The Balaban J connectivity index is 2.14. The molecule has 1 atom stereocenters. The minimum atomic E-state index is -4.31. The van der Waals surface area contributed by atoms with Crippen molar-refractivity contribution in [3.8, 4) is 11.5 Å². The van der Waals surface area contributed by atoms with E-state index in [0.29, 0.717) is 46.4 Å². The summed E-state index contributed by atoms with van der Waals surface area (Å²) in [5, 5.41) is 3.52. The molecule has 0 aliphatic carbocycles. The molecule has 0 spiro atoms. The average molecular weight is 665 g/mol. The fraction of sp³-hybridized carbons (Fsp3) is 0.375. The Kier molecular flexibility index (Phi) is 12.3. The first kappa shape index (κ1) is 35.0. The maximum Gasteiger partial charge on any atom is 0.264 e. The van der Waals surface area contributed by atoms with E-state index in [1.807, 2.05) is 26.8 Å². The van der Waals surface area contributed by atoms with Gasteiger partial charge in [-0.2, -0.15) is 0 Å². The minimum Gasteiger partial charge on any atom is -0.493 e. The van der Waals surface area contributed by atoms with Crippen molar-refractivity contribution < 1.29 is 27.5 Å². The van der Waals surface area contributed by atoms with E-state index in [1.54, 1.807) is 37.3 Å². The first-order chi connectivity index (χ1) is 20.9. The van der Waals surface area contributed by atoms with Crippen LogP contribution in [0.1, 0.15) is 43.4 Å². The Morgan fingerprint density at radius 3 is 2.11 bits per heavy atom. The maximum atomic E-state index is 14.3. The van der Waals surface area contributed by atoms with Crippen molar-refractivity contribution in [2.75, 3.05) is 31.6 Å². The van der Waals surface area contributed by atoms with Crippen molar-refractivity contribution in [1.82, 2.24) is 10.2 Å². The summed E-state index contributed by atoms with van der Waals surface area (Å²) in [7, 11) is -1.45. The number of methoxy groups -OCH3 is 2. The molecule has 3 rings (SSSR count). The number of sulfonamides is 1. The van der Waals surface area contributed by atoms with Crippen LogP contribution >= 0.6 is 23.2 Å². The quantitative estimate of drug-likeness (QED) is 0.222. The highest BCUT2D eigenvalue weighted by molar-refractivity contribution is 7.92. The van der Waals surface area contributed by atoms with Crippen molar-refractivity contribution in [2.24, 2.45) is 0 Å². The number of hydrogen-bond donors (Lipinski definition) is 1. The minimum absolute atomic E-state index is 0.00483. The number of hydrogen-bond acceptors (Lipinski definition) is 6. The molecule has 2 amide bonds. The average Bonchev–Trinajstić information content (AvgIpc) is 2.99. The number of halogens is 2. The number of amides is 2. The monoisotopic (exact) mass is 663 g/mol. The van der Waals surface area contributed by atoms with Gasteiger partial charge in [0.15, 0.2) is 11.5 Å². The van der Waals surface area contributed by atoms with Crippen LogP contribution in [0.5, 0.6) is 11.5 Å². The van der Waals surface area contributed by atoms with E-state index in [0.717, 1.165) is 15.4 Å². The number of anilines is 1. The third-order valence-electron chi connectivity index (χ3n) is 6.99. The summed E-state index contributed by atoms with van der Waals surface area (Å²) >= 11 is 12.4. The van der Waals surface area contributed by atoms with Crippen LogP contribution < -0.4 is 19.1 Å². The number of benzene rings is 3. The Labute approximate surface area is 270 Å². The highest BCUT2D eigenvalue weighted by Gasteiger charge is 2.34. The molecule has 0 fully saturated rings. The predicted molar refractivity (Wildman–Crippen MR) is 174 cm³/mol. The fourth-order valence-electron chi connectivity index (χ4n) is 4.85. The third-order valence-corrected chi connectivity index (χ3v) is 9.50. The van der Waals surface area contributed by atoms with Crippen molar-refractivity contribution in [3.05, 3.63) is 81.3 Å². The number of aryl methyl sites for hydroxylation is 2. The number of carbonyl (C=O) groups is 2. The molecule has 1 N–H and O–H groups in total. The second-order valence-corrected chi connectivity index (χ2v) is 13.0. The highest BCUT2D eigenvalue weighted by atomic mass is 35.5. The summed E-state index contributed by atoms with van der Waals surface area (Å²) < 4.78 is 40.3. The van der Waals surface area contributed by atoms with E-state index < -0.39 is 28.5 Å². The molecule has 238 valence electrons. The number of nitrogens with zero attached hydrogens (tertiary/aromatic N) is 2. The summed E-state index contributed by atoms with van der Waals surface area (Å²) in [4.78, 5) is 28.8. The van der Waals surface area contributed by atoms with Crippen LogP contribution in [0.3, 0.4) is 0 Å². The van der Waals surface area contributed by atoms with Crippen LogP contribution in [0, 0.1) is 13.8 Å². The lowest BCUT2D eigenvalue weighted by Crippen LogP contribution is -2.52. The lowest BCUT2D eigenvalue weighted by atomic mass is 10.1. The zero-order valence-electron chi connectivity index (χ0n) is 25.8. The lowest BCUT2D eigenvalue weighted by molar-refractivity contribution is -0.140. The number of carbonyl (C=O) groups excluding carboxylic acids is 2. The van der Waals surface area contributed by atoms with Crippen LogP contribution in [-0.4, -0.2) is 58.5 Å². The molecule has 3 aromatic rings. The van der Waals surface area contributed by atoms with E-state index in [2.05, 4.69) is 5.32 Å². The highest BCUT2D eigenvalue weighted by Crippen LogP contribution is 2.33. The molecule has 3 aromatic carbocycles. The van der Waals surface area contributed by atoms with Crippen LogP contribution in [0.2, 0.25) is 10.0 Å². The Bertz CT molecular complexity index is 1580. The van der Waals surface area contributed by atoms with Gasteiger partial charge in [0.05, 0.1) is 34.8 Å². The van der Waals surface area contributed by atoms with Gasteiger partial charge in [-0.15, -0.1) is 0 Å². The van der Waals surface area contributed by atoms with E-state index in [-0.39, 0.29) is 23.1 Å². The van der Waals surface area contributed by atoms with Crippen LogP contribution in [0.15, 0.2) is 59.5 Å². The summed E-state index contributed by atoms with van der Waals surface area (Å²) in [6.07, 6.45) is 1.02. The fourth-order valence-corrected chi connectivity index (χ4v) is 6.58. The predicted octanol–water partition coefficient (Wildman–Crippen LogP) is 6.16. The largest absolute Gasteiger partial charge is 0.493 e. The second kappa shape index (κ2) is 15.5. The molecular formula is C32H39Cl2N3O6S. The molecule has 0 unspecified atom stereocenters. The molecule has 9 nitrogen and oxygen atoms in total. The van der Waals surface area contributed by atoms with Gasteiger partial charge in [-0.3, -0.25) is 13.9 Å². The second-order valence-electron chi connectivity index (χ2n) is 10.4. The molecule has 0 bridgehead atoms. The Morgan fingerprint density at radius 2 is 1.55 bits per heavy atom. The zero-order valence-corrected chi connectivity index (χ0v) is 28.1. The lowest BCUT2D eigenvalue weighted by Gasteiger charge is -2.33. The molecule has 0 saturated heterocycles. The van der Waals surface area contributed by atoms with Crippen LogP contribution in [0.4, 0.5) is 5.69 Å². The standard InChI is InChI=1S/C32H39Cl2N3O6S/c1-7-13-35-32(39)28(8-2)36(19-23-9-11-26(33)27(34)17-23)31(38)20-37(24-15-21(3)14-22(4)16-24)44(40,41)25-10-12-29(42-5)30(18-25)43-6/h9-12,14-18,28H,7-8,13,19-20H2,1-6H3,(H,35,39)/t28-/m0/s1. The van der Waals surface area contributed by atoms with Crippen molar-refractivity contribution >= 4 is 50.7 Å². The summed E-state index contributed by atoms with van der Waals surface area (Å²) in [6.45, 7) is 7.30. The molecule has 0 heterocycles. The van der Waals surface area contributed by atoms with E-state index in [4.69, 9.17) is 32.7 Å². The maximum absolute atomic E-state index is 14.3. The van der Waals surface area contributed by atoms with Gasteiger partial charge in [0.2, 0.25) is 11.8 Å². The molecule has 0 radical (unpaired) electrons. The molecule has 0 saturated carbocycles. The number of rotatable bonds is 14. The summed E-state index contributed by atoms with van der Waals surface area (Å²) in [5.41, 5.74) is 2.58. The molecule has 0 aromatic heterocycles. The van der Waals surface area contributed by atoms with Gasteiger partial charge in [-0.1, -0.05) is 49.2 Å². The number of nitrogens with one attached hydrogen (secondary N) is 1. The van der Waals surface area contributed by atoms with Gasteiger partial charge in [0.1, 0.15) is 12.6 Å². The third kappa shape index (κ3) is 8.37. The summed E-state index contributed by atoms with van der Waals surface area (Å²) in [5.74, 6) is -0.321. The molecule has 44 heavy (non-hydrogen) atoms. The van der Waals surface area contributed by atoms with E-state index in [1.165, 1.54) is 37.3 Å². The molecule has 0 aliphatic heterocycles. The topological polar surface area (TPSA) is 105 Å². The normalized spacial score (nSPS) is 11.9. The smallest absolute Gasteiger partial charge is 0.264 e. The van der Waals surface area contributed by atoms with Gasteiger partial charge in [-0.05, 0) is 79.8 Å². The van der Waals surface area contributed by atoms with Gasteiger partial charge in [-0.25, -0.2) is 8.42 Å². The summed E-state index contributed by atoms with van der Waals surface area (Å²) in [6, 6.07) is 13.7. The number of ether oxygens (including phenoxy) is 2. The SMILES string of the molecule is CCCNC(=O)[C@H](CC)N(Cc1ccc(Cl)c(Cl)c1)C(=O)CN(c1cc(C)cc(C)c1)S(=O)(=O)c1ccc(OC)c(OC)c1. The van der Waals surface area contributed by atoms with Crippen molar-refractivity contribution in [2.45, 2.75) is 58.0 Å². The van der Waals surface area contributed by atoms with Gasteiger partial charge in [0.25, 0.3) is 10.0 Å². The van der Waals surface area contributed by atoms with Crippen molar-refractivity contribution in [1.29, 1.82) is 0 Å². The molecule has 12 heteroatoms. The van der Waals surface area contributed by atoms with Gasteiger partial charge in [0, 0.05) is 19.2 Å².